The molecular formula is C24H23NO2. The molecule has 1 heterocycles. The van der Waals surface area contributed by atoms with E-state index in [4.69, 9.17) is 0 Å². The van der Waals surface area contributed by atoms with Crippen LogP contribution in [0.3, 0.4) is 0 Å². The van der Waals surface area contributed by atoms with Crippen LogP contribution in [-0.2, 0) is 23.4 Å². The molecule has 2 N–H and O–H groups in total. The Morgan fingerprint density at radius 2 is 1.19 bits per heavy atom. The van der Waals surface area contributed by atoms with Gasteiger partial charge in [-0.1, -0.05) is 91.0 Å². The fourth-order valence-electron chi connectivity index (χ4n) is 4.14. The summed E-state index contributed by atoms with van der Waals surface area (Å²) in [4.78, 5) is 13.2. The minimum Gasteiger partial charge on any atom is -0.367 e. The third kappa shape index (κ3) is 3.51. The van der Waals surface area contributed by atoms with Crippen molar-refractivity contribution < 1.29 is 9.90 Å². The number of carbonyl (C=O) groups is 1. The largest absolute Gasteiger partial charge is 0.367 e. The molecule has 1 atom stereocenters. The first-order valence-electron chi connectivity index (χ1n) is 9.28. The molecule has 0 spiro atoms. The van der Waals surface area contributed by atoms with Crippen LogP contribution in [0, 0.1) is 5.41 Å². The second-order valence-electron chi connectivity index (χ2n) is 7.46. The van der Waals surface area contributed by atoms with Gasteiger partial charge in [0, 0.05) is 12.0 Å². The molecule has 3 aromatic carbocycles. The maximum atomic E-state index is 13.2. The highest BCUT2D eigenvalue weighted by Gasteiger charge is 2.54. The lowest BCUT2D eigenvalue weighted by Gasteiger charge is -2.29. The summed E-state index contributed by atoms with van der Waals surface area (Å²) in [6, 6.07) is 29.5. The van der Waals surface area contributed by atoms with Gasteiger partial charge < -0.3 is 10.4 Å². The highest BCUT2D eigenvalue weighted by Crippen LogP contribution is 2.44. The molecule has 1 fully saturated rings. The molecule has 3 nitrogen and oxygen atoms in total. The summed E-state index contributed by atoms with van der Waals surface area (Å²) in [6.07, 6.45) is 1.51. The van der Waals surface area contributed by atoms with Gasteiger partial charge in [0.1, 0.15) is 0 Å². The van der Waals surface area contributed by atoms with Crippen LogP contribution < -0.4 is 5.32 Å². The van der Waals surface area contributed by atoms with Crippen molar-refractivity contribution in [2.45, 2.75) is 25.0 Å². The average molecular weight is 357 g/mol. The number of hydrogen-bond acceptors (Lipinski definition) is 2. The van der Waals surface area contributed by atoms with E-state index in [0.717, 1.165) is 16.7 Å². The van der Waals surface area contributed by atoms with Crippen molar-refractivity contribution in [1.29, 1.82) is 0 Å². The summed E-state index contributed by atoms with van der Waals surface area (Å²) in [6.45, 7) is 0. The maximum absolute atomic E-state index is 13.2. The fourth-order valence-corrected chi connectivity index (χ4v) is 4.14. The van der Waals surface area contributed by atoms with E-state index >= 15 is 0 Å². The third-order valence-corrected chi connectivity index (χ3v) is 5.42. The molecule has 0 bridgehead atoms. The van der Waals surface area contributed by atoms with Crippen molar-refractivity contribution in [2.75, 3.05) is 0 Å². The van der Waals surface area contributed by atoms with Gasteiger partial charge in [-0.15, -0.1) is 0 Å². The van der Waals surface area contributed by atoms with Gasteiger partial charge in [0.05, 0.1) is 5.41 Å². The molecule has 27 heavy (non-hydrogen) atoms. The standard InChI is InChI=1S/C24H23NO2/c26-22-23(16-19-10-4-1-5-11-19,17-20-12-6-2-7-13-20)18-24(27,25-22)21-14-8-3-9-15-21/h1-15,27H,16-18H2,(H,25,26). The summed E-state index contributed by atoms with van der Waals surface area (Å²) < 4.78 is 0. The Kier molecular flexibility index (Phi) is 4.54. The van der Waals surface area contributed by atoms with E-state index < -0.39 is 11.1 Å². The van der Waals surface area contributed by atoms with Gasteiger partial charge in [0.2, 0.25) is 5.91 Å². The predicted molar refractivity (Wildman–Crippen MR) is 106 cm³/mol. The quantitative estimate of drug-likeness (QED) is 0.729. The van der Waals surface area contributed by atoms with E-state index in [2.05, 4.69) is 5.32 Å². The van der Waals surface area contributed by atoms with Gasteiger partial charge in [-0.2, -0.15) is 0 Å². The number of carbonyl (C=O) groups excluding carboxylic acids is 1. The molecule has 0 aliphatic carbocycles. The highest BCUT2D eigenvalue weighted by molar-refractivity contribution is 5.86. The second kappa shape index (κ2) is 7.01. The maximum Gasteiger partial charge on any atom is 0.229 e. The topological polar surface area (TPSA) is 49.3 Å². The van der Waals surface area contributed by atoms with Crippen molar-refractivity contribution in [3.05, 3.63) is 108 Å². The first-order chi connectivity index (χ1) is 13.1. The van der Waals surface area contributed by atoms with Crippen molar-refractivity contribution in [3.8, 4) is 0 Å². The van der Waals surface area contributed by atoms with Crippen LogP contribution in [0.5, 0.6) is 0 Å². The minimum absolute atomic E-state index is 0.0958. The van der Waals surface area contributed by atoms with Gasteiger partial charge in [-0.3, -0.25) is 4.79 Å². The van der Waals surface area contributed by atoms with Gasteiger partial charge in [0.15, 0.2) is 5.72 Å². The van der Waals surface area contributed by atoms with Gasteiger partial charge in [-0.05, 0) is 24.0 Å². The van der Waals surface area contributed by atoms with E-state index in [1.54, 1.807) is 0 Å². The third-order valence-electron chi connectivity index (χ3n) is 5.42. The summed E-state index contributed by atoms with van der Waals surface area (Å²) in [7, 11) is 0. The predicted octanol–water partition coefficient (Wildman–Crippen LogP) is 3.82. The SMILES string of the molecule is O=C1NC(O)(c2ccccc2)CC1(Cc1ccccc1)Cc1ccccc1. The monoisotopic (exact) mass is 357 g/mol. The Labute approximate surface area is 159 Å². The molecule has 1 unspecified atom stereocenters. The van der Waals surface area contributed by atoms with Crippen molar-refractivity contribution in [1.82, 2.24) is 5.32 Å². The van der Waals surface area contributed by atoms with Gasteiger partial charge in [-0.25, -0.2) is 0 Å². The average Bonchev–Trinajstić information content (AvgIpc) is 2.95. The normalized spacial score (nSPS) is 21.0. The molecular weight excluding hydrogens is 334 g/mol. The van der Waals surface area contributed by atoms with E-state index in [9.17, 15) is 9.90 Å². The Balaban J connectivity index is 1.72. The van der Waals surface area contributed by atoms with Crippen LogP contribution in [-0.4, -0.2) is 11.0 Å². The molecule has 1 amide bonds. The van der Waals surface area contributed by atoms with E-state index in [-0.39, 0.29) is 5.91 Å². The summed E-state index contributed by atoms with van der Waals surface area (Å²) >= 11 is 0. The van der Waals surface area contributed by atoms with E-state index in [1.165, 1.54) is 0 Å². The highest BCUT2D eigenvalue weighted by atomic mass is 16.3. The minimum atomic E-state index is -1.35. The molecule has 1 aliphatic rings. The van der Waals surface area contributed by atoms with Crippen molar-refractivity contribution >= 4 is 5.91 Å². The van der Waals surface area contributed by atoms with Gasteiger partial charge >= 0.3 is 0 Å². The van der Waals surface area contributed by atoms with Crippen molar-refractivity contribution in [3.63, 3.8) is 0 Å². The Morgan fingerprint density at radius 3 is 1.67 bits per heavy atom. The van der Waals surface area contributed by atoms with Crippen LogP contribution in [0.2, 0.25) is 0 Å². The molecule has 136 valence electrons. The van der Waals surface area contributed by atoms with Crippen LogP contribution in [0.25, 0.3) is 0 Å². The fraction of sp³-hybridized carbons (Fsp3) is 0.208. The number of amides is 1. The smallest absolute Gasteiger partial charge is 0.229 e. The Bertz CT molecular complexity index is 867. The van der Waals surface area contributed by atoms with Crippen molar-refractivity contribution in [2.24, 2.45) is 5.41 Å². The number of benzene rings is 3. The summed E-state index contributed by atoms with van der Waals surface area (Å²) in [5.41, 5.74) is 0.873. The zero-order valence-corrected chi connectivity index (χ0v) is 15.1. The zero-order chi connectivity index (χ0) is 18.7. The lowest BCUT2D eigenvalue weighted by atomic mass is 9.73. The lowest BCUT2D eigenvalue weighted by Crippen LogP contribution is -2.39. The van der Waals surface area contributed by atoms with Crippen LogP contribution in [0.15, 0.2) is 91.0 Å². The second-order valence-corrected chi connectivity index (χ2v) is 7.46. The molecule has 0 saturated carbocycles. The Hall–Kier alpha value is -2.91. The first-order valence-corrected chi connectivity index (χ1v) is 9.28. The van der Waals surface area contributed by atoms with Gasteiger partial charge in [0.25, 0.3) is 0 Å². The number of aliphatic hydroxyl groups is 1. The van der Waals surface area contributed by atoms with E-state index in [0.29, 0.717) is 19.3 Å². The first kappa shape index (κ1) is 17.5. The lowest BCUT2D eigenvalue weighted by molar-refractivity contribution is -0.128. The zero-order valence-electron chi connectivity index (χ0n) is 15.1. The van der Waals surface area contributed by atoms with Crippen LogP contribution in [0.1, 0.15) is 23.1 Å². The van der Waals surface area contributed by atoms with Crippen LogP contribution in [0.4, 0.5) is 0 Å². The molecule has 3 aromatic rings. The molecule has 0 radical (unpaired) electrons. The van der Waals surface area contributed by atoms with Crippen LogP contribution >= 0.6 is 0 Å². The molecule has 1 saturated heterocycles. The number of hydrogen-bond donors (Lipinski definition) is 2. The van der Waals surface area contributed by atoms with E-state index in [1.807, 2.05) is 91.0 Å². The summed E-state index contributed by atoms with van der Waals surface area (Å²) in [5, 5.41) is 14.2. The number of rotatable bonds is 5. The summed E-state index contributed by atoms with van der Waals surface area (Å²) in [5.74, 6) is -0.0958. The molecule has 3 heteroatoms. The molecule has 1 aliphatic heterocycles. The Morgan fingerprint density at radius 1 is 0.741 bits per heavy atom. The molecule has 0 aromatic heterocycles. The number of nitrogens with one attached hydrogen (secondary N) is 1. The molecule has 4 rings (SSSR count).